The average molecular weight is 241 g/mol. The maximum absolute atomic E-state index is 11.8. The number of rotatable bonds is 2. The fraction of sp³-hybridized carbons (Fsp3) is 0.917. The molecular weight excluding hydrogens is 218 g/mol. The SMILES string of the molecule is CN1CCCN(CC2(O)CCNCC2)CC1=O. The molecule has 5 heteroatoms. The number of carbonyl (C=O) groups is 1. The number of hydrogen-bond donors (Lipinski definition) is 2. The third-order valence-corrected chi connectivity index (χ3v) is 3.80. The van der Waals surface area contributed by atoms with Gasteiger partial charge in [0.15, 0.2) is 0 Å². The molecule has 2 aliphatic heterocycles. The van der Waals surface area contributed by atoms with Crippen LogP contribution < -0.4 is 5.32 Å². The molecule has 2 heterocycles. The zero-order valence-electron chi connectivity index (χ0n) is 10.6. The Kier molecular flexibility index (Phi) is 4.01. The number of nitrogens with zero attached hydrogens (tertiary/aromatic N) is 2. The molecule has 1 amide bonds. The predicted octanol–water partition coefficient (Wildman–Crippen LogP) is -0.735. The van der Waals surface area contributed by atoms with Crippen LogP contribution in [0.2, 0.25) is 0 Å². The lowest BCUT2D eigenvalue weighted by Crippen LogP contribution is -2.50. The van der Waals surface area contributed by atoms with Gasteiger partial charge in [-0.2, -0.15) is 0 Å². The summed E-state index contributed by atoms with van der Waals surface area (Å²) in [4.78, 5) is 15.7. The second-order valence-electron chi connectivity index (χ2n) is 5.35. The minimum atomic E-state index is -0.603. The van der Waals surface area contributed by atoms with Gasteiger partial charge in [-0.15, -0.1) is 0 Å². The molecule has 0 saturated carbocycles. The van der Waals surface area contributed by atoms with Crippen molar-refractivity contribution in [2.75, 3.05) is 46.3 Å². The number of hydrogen-bond acceptors (Lipinski definition) is 4. The molecule has 0 aromatic heterocycles. The zero-order valence-corrected chi connectivity index (χ0v) is 10.6. The molecule has 5 nitrogen and oxygen atoms in total. The van der Waals surface area contributed by atoms with Gasteiger partial charge in [-0.3, -0.25) is 9.69 Å². The summed E-state index contributed by atoms with van der Waals surface area (Å²) in [6.45, 7) is 4.57. The number of β-amino-alcohol motifs (C(OH)–C–C–N with tert-alkyl or cyclic N) is 1. The summed E-state index contributed by atoms with van der Waals surface area (Å²) in [6.07, 6.45) is 2.57. The van der Waals surface area contributed by atoms with E-state index in [1.807, 2.05) is 7.05 Å². The highest BCUT2D eigenvalue weighted by Gasteiger charge is 2.32. The van der Waals surface area contributed by atoms with Gasteiger partial charge in [0.25, 0.3) is 0 Å². The van der Waals surface area contributed by atoms with Gasteiger partial charge in [0, 0.05) is 26.7 Å². The highest BCUT2D eigenvalue weighted by molar-refractivity contribution is 5.78. The van der Waals surface area contributed by atoms with Crippen LogP contribution in [0.1, 0.15) is 19.3 Å². The molecule has 0 aliphatic carbocycles. The van der Waals surface area contributed by atoms with Gasteiger partial charge in [-0.05, 0) is 32.4 Å². The minimum absolute atomic E-state index is 0.167. The van der Waals surface area contributed by atoms with E-state index in [1.54, 1.807) is 4.90 Å². The number of aliphatic hydroxyl groups is 1. The Morgan fingerprint density at radius 3 is 2.76 bits per heavy atom. The third-order valence-electron chi connectivity index (χ3n) is 3.80. The highest BCUT2D eigenvalue weighted by Crippen LogP contribution is 2.20. The lowest BCUT2D eigenvalue weighted by molar-refractivity contribution is -0.130. The summed E-state index contributed by atoms with van der Waals surface area (Å²) >= 11 is 0. The van der Waals surface area contributed by atoms with E-state index in [0.29, 0.717) is 13.1 Å². The zero-order chi connectivity index (χ0) is 12.3. The van der Waals surface area contributed by atoms with Crippen LogP contribution in [-0.2, 0) is 4.79 Å². The van der Waals surface area contributed by atoms with Crippen molar-refractivity contribution in [2.24, 2.45) is 0 Å². The quantitative estimate of drug-likeness (QED) is 0.669. The first-order valence-electron chi connectivity index (χ1n) is 6.48. The van der Waals surface area contributed by atoms with Crippen LogP contribution in [0.25, 0.3) is 0 Å². The van der Waals surface area contributed by atoms with Crippen LogP contribution >= 0.6 is 0 Å². The topological polar surface area (TPSA) is 55.8 Å². The first-order chi connectivity index (χ1) is 8.09. The van der Waals surface area contributed by atoms with E-state index in [9.17, 15) is 9.90 Å². The summed E-state index contributed by atoms with van der Waals surface area (Å²) in [5.74, 6) is 0.167. The molecule has 0 unspecified atom stereocenters. The summed E-state index contributed by atoms with van der Waals surface area (Å²) in [5, 5.41) is 13.7. The molecule has 0 bridgehead atoms. The Morgan fingerprint density at radius 1 is 1.35 bits per heavy atom. The van der Waals surface area contributed by atoms with Crippen LogP contribution in [0.4, 0.5) is 0 Å². The van der Waals surface area contributed by atoms with Crippen LogP contribution in [0.3, 0.4) is 0 Å². The number of piperidine rings is 1. The lowest BCUT2D eigenvalue weighted by Gasteiger charge is -2.36. The smallest absolute Gasteiger partial charge is 0.236 e. The molecule has 0 radical (unpaired) electrons. The van der Waals surface area contributed by atoms with Crippen LogP contribution in [0.5, 0.6) is 0 Å². The number of amides is 1. The fourth-order valence-corrected chi connectivity index (χ4v) is 2.65. The van der Waals surface area contributed by atoms with Crippen molar-refractivity contribution in [2.45, 2.75) is 24.9 Å². The Hall–Kier alpha value is -0.650. The average Bonchev–Trinajstić information content (AvgIpc) is 2.42. The van der Waals surface area contributed by atoms with Gasteiger partial charge in [0.2, 0.25) is 5.91 Å². The Bertz CT molecular complexity index is 277. The lowest BCUT2D eigenvalue weighted by atomic mass is 9.92. The van der Waals surface area contributed by atoms with E-state index >= 15 is 0 Å². The summed E-state index contributed by atoms with van der Waals surface area (Å²) in [5.41, 5.74) is -0.603. The fourth-order valence-electron chi connectivity index (χ4n) is 2.65. The van der Waals surface area contributed by atoms with Crippen LogP contribution in [0.15, 0.2) is 0 Å². The largest absolute Gasteiger partial charge is 0.388 e. The van der Waals surface area contributed by atoms with Crippen molar-refractivity contribution in [1.82, 2.24) is 15.1 Å². The van der Waals surface area contributed by atoms with Gasteiger partial charge in [0.05, 0.1) is 12.1 Å². The maximum Gasteiger partial charge on any atom is 0.236 e. The molecule has 2 rings (SSSR count). The monoisotopic (exact) mass is 241 g/mol. The molecule has 2 aliphatic rings. The third kappa shape index (κ3) is 3.40. The van der Waals surface area contributed by atoms with E-state index in [-0.39, 0.29) is 5.91 Å². The second kappa shape index (κ2) is 5.33. The molecule has 2 fully saturated rings. The van der Waals surface area contributed by atoms with Gasteiger partial charge in [-0.25, -0.2) is 0 Å². The minimum Gasteiger partial charge on any atom is -0.388 e. The van der Waals surface area contributed by atoms with Gasteiger partial charge in [-0.1, -0.05) is 0 Å². The molecule has 0 aromatic carbocycles. The highest BCUT2D eigenvalue weighted by atomic mass is 16.3. The number of likely N-dealkylation sites (N-methyl/N-ethyl adjacent to an activating group) is 1. The second-order valence-corrected chi connectivity index (χ2v) is 5.35. The molecular formula is C12H23N3O2. The molecule has 2 saturated heterocycles. The van der Waals surface area contributed by atoms with Crippen molar-refractivity contribution in [3.63, 3.8) is 0 Å². The molecule has 0 atom stereocenters. The molecule has 98 valence electrons. The van der Waals surface area contributed by atoms with Crippen LogP contribution in [0, 0.1) is 0 Å². The number of carbonyl (C=O) groups excluding carboxylic acids is 1. The van der Waals surface area contributed by atoms with E-state index in [1.165, 1.54) is 0 Å². The van der Waals surface area contributed by atoms with Gasteiger partial charge in [0.1, 0.15) is 0 Å². The predicted molar refractivity (Wildman–Crippen MR) is 65.7 cm³/mol. The maximum atomic E-state index is 11.8. The summed E-state index contributed by atoms with van der Waals surface area (Å²) in [7, 11) is 1.85. The summed E-state index contributed by atoms with van der Waals surface area (Å²) in [6, 6.07) is 0. The first-order valence-corrected chi connectivity index (χ1v) is 6.48. The van der Waals surface area contributed by atoms with E-state index in [2.05, 4.69) is 10.2 Å². The normalized spacial score (nSPS) is 26.9. The Labute approximate surface area is 103 Å². The molecule has 17 heavy (non-hydrogen) atoms. The van der Waals surface area contributed by atoms with Crippen molar-refractivity contribution in [3.05, 3.63) is 0 Å². The molecule has 0 aromatic rings. The van der Waals surface area contributed by atoms with Gasteiger partial charge >= 0.3 is 0 Å². The Balaban J connectivity index is 1.91. The van der Waals surface area contributed by atoms with Gasteiger partial charge < -0.3 is 15.3 Å². The standard InChI is InChI=1S/C12H23N3O2/c1-14-7-2-8-15(9-11(14)16)10-12(17)3-5-13-6-4-12/h13,17H,2-10H2,1H3. The van der Waals surface area contributed by atoms with Crippen molar-refractivity contribution in [3.8, 4) is 0 Å². The number of nitrogens with one attached hydrogen (secondary N) is 1. The van der Waals surface area contributed by atoms with E-state index in [0.717, 1.165) is 45.4 Å². The van der Waals surface area contributed by atoms with E-state index in [4.69, 9.17) is 0 Å². The van der Waals surface area contributed by atoms with Crippen molar-refractivity contribution >= 4 is 5.91 Å². The molecule has 0 spiro atoms. The molecule has 2 N–H and O–H groups in total. The van der Waals surface area contributed by atoms with Crippen molar-refractivity contribution < 1.29 is 9.90 Å². The Morgan fingerprint density at radius 2 is 2.06 bits per heavy atom. The first kappa shape index (κ1) is 12.8. The van der Waals surface area contributed by atoms with E-state index < -0.39 is 5.60 Å². The summed E-state index contributed by atoms with van der Waals surface area (Å²) < 4.78 is 0. The van der Waals surface area contributed by atoms with Crippen molar-refractivity contribution in [1.29, 1.82) is 0 Å². The van der Waals surface area contributed by atoms with Crippen LogP contribution in [-0.4, -0.2) is 72.7 Å².